The minimum atomic E-state index is 0.519. The Morgan fingerprint density at radius 1 is 1.29 bits per heavy atom. The van der Waals surface area contributed by atoms with Gasteiger partial charge in [0, 0.05) is 17.5 Å². The quantitative estimate of drug-likeness (QED) is 0.901. The highest BCUT2D eigenvalue weighted by Crippen LogP contribution is 2.28. The van der Waals surface area contributed by atoms with Crippen molar-refractivity contribution in [2.24, 2.45) is 0 Å². The SMILES string of the molecule is CC(C)NCc1ccc(Sc2nncs2)cc1. The second-order valence-electron chi connectivity index (χ2n) is 3.99. The summed E-state index contributed by atoms with van der Waals surface area (Å²) in [5.41, 5.74) is 3.06. The Labute approximate surface area is 110 Å². The Bertz CT molecular complexity index is 437. The van der Waals surface area contributed by atoms with Gasteiger partial charge in [0.2, 0.25) is 0 Å². The van der Waals surface area contributed by atoms with Gasteiger partial charge >= 0.3 is 0 Å². The lowest BCUT2D eigenvalue weighted by Gasteiger charge is -2.08. The molecule has 3 nitrogen and oxygen atoms in total. The van der Waals surface area contributed by atoms with Gasteiger partial charge in [-0.3, -0.25) is 0 Å². The van der Waals surface area contributed by atoms with Gasteiger partial charge in [0.15, 0.2) is 4.34 Å². The summed E-state index contributed by atoms with van der Waals surface area (Å²) in [6, 6.07) is 9.08. The van der Waals surface area contributed by atoms with Crippen LogP contribution in [0.2, 0.25) is 0 Å². The third kappa shape index (κ3) is 4.11. The zero-order chi connectivity index (χ0) is 12.1. The van der Waals surface area contributed by atoms with Crippen molar-refractivity contribution in [1.29, 1.82) is 0 Å². The first-order valence-corrected chi connectivity index (χ1v) is 7.20. The third-order valence-electron chi connectivity index (χ3n) is 2.18. The summed E-state index contributed by atoms with van der Waals surface area (Å²) >= 11 is 3.22. The maximum absolute atomic E-state index is 4.01. The van der Waals surface area contributed by atoms with Gasteiger partial charge in [-0.15, -0.1) is 10.2 Å². The molecule has 2 rings (SSSR count). The summed E-state index contributed by atoms with van der Waals surface area (Å²) in [6.07, 6.45) is 0. The predicted molar refractivity (Wildman–Crippen MR) is 72.4 cm³/mol. The fraction of sp³-hybridized carbons (Fsp3) is 0.333. The molecule has 0 radical (unpaired) electrons. The van der Waals surface area contributed by atoms with Crippen LogP contribution >= 0.6 is 23.1 Å². The van der Waals surface area contributed by atoms with Crippen LogP contribution in [0.15, 0.2) is 39.0 Å². The number of rotatable bonds is 5. The molecule has 2 aromatic rings. The summed E-state index contributed by atoms with van der Waals surface area (Å²) in [4.78, 5) is 1.20. The normalized spacial score (nSPS) is 11.0. The molecule has 17 heavy (non-hydrogen) atoms. The Hall–Kier alpha value is -0.910. The van der Waals surface area contributed by atoms with E-state index in [0.717, 1.165) is 10.9 Å². The van der Waals surface area contributed by atoms with Crippen LogP contribution in [0.1, 0.15) is 19.4 Å². The van der Waals surface area contributed by atoms with Crippen molar-refractivity contribution < 1.29 is 0 Å². The van der Waals surface area contributed by atoms with Crippen LogP contribution in [-0.2, 0) is 6.54 Å². The minimum Gasteiger partial charge on any atom is -0.310 e. The highest BCUT2D eigenvalue weighted by atomic mass is 32.2. The molecule has 0 saturated carbocycles. The molecule has 1 N–H and O–H groups in total. The Kier molecular flexibility index (Phi) is 4.53. The number of nitrogens with one attached hydrogen (secondary N) is 1. The number of hydrogen-bond acceptors (Lipinski definition) is 5. The van der Waals surface area contributed by atoms with E-state index in [1.807, 2.05) is 0 Å². The molecule has 0 aliphatic heterocycles. The lowest BCUT2D eigenvalue weighted by molar-refractivity contribution is 0.588. The van der Waals surface area contributed by atoms with Crippen LogP contribution in [0.5, 0.6) is 0 Å². The number of nitrogens with zero attached hydrogens (tertiary/aromatic N) is 2. The maximum atomic E-state index is 4.01. The molecule has 1 aromatic carbocycles. The molecule has 0 atom stereocenters. The van der Waals surface area contributed by atoms with E-state index in [9.17, 15) is 0 Å². The Balaban J connectivity index is 1.93. The second kappa shape index (κ2) is 6.14. The first kappa shape index (κ1) is 12.5. The molecule has 5 heteroatoms. The smallest absolute Gasteiger partial charge is 0.178 e. The summed E-state index contributed by atoms with van der Waals surface area (Å²) < 4.78 is 0.984. The van der Waals surface area contributed by atoms with E-state index >= 15 is 0 Å². The molecule has 0 aliphatic rings. The molecule has 0 fully saturated rings. The average molecular weight is 265 g/mol. The largest absolute Gasteiger partial charge is 0.310 e. The molecule has 0 aliphatic carbocycles. The summed E-state index contributed by atoms with van der Waals surface area (Å²) in [5.74, 6) is 0. The van der Waals surface area contributed by atoms with Crippen molar-refractivity contribution in [1.82, 2.24) is 15.5 Å². The Morgan fingerprint density at radius 2 is 2.06 bits per heavy atom. The molecular weight excluding hydrogens is 250 g/mol. The zero-order valence-electron chi connectivity index (χ0n) is 9.88. The van der Waals surface area contributed by atoms with Gasteiger partial charge in [-0.05, 0) is 17.7 Å². The van der Waals surface area contributed by atoms with Crippen molar-refractivity contribution in [2.45, 2.75) is 35.7 Å². The van der Waals surface area contributed by atoms with E-state index in [-0.39, 0.29) is 0 Å². The molecule has 0 spiro atoms. The standard InChI is InChI=1S/C12H15N3S2/c1-9(2)13-7-10-3-5-11(6-4-10)17-12-15-14-8-16-12/h3-6,8-9,13H,7H2,1-2H3. The van der Waals surface area contributed by atoms with Crippen LogP contribution in [0.3, 0.4) is 0 Å². The predicted octanol–water partition coefficient (Wildman–Crippen LogP) is 3.19. The summed E-state index contributed by atoms with van der Waals surface area (Å²) in [7, 11) is 0. The molecule has 0 bridgehead atoms. The highest BCUT2D eigenvalue weighted by molar-refractivity contribution is 8.01. The van der Waals surface area contributed by atoms with E-state index in [1.54, 1.807) is 28.6 Å². The first-order valence-electron chi connectivity index (χ1n) is 5.50. The van der Waals surface area contributed by atoms with Crippen molar-refractivity contribution >= 4 is 23.1 Å². The van der Waals surface area contributed by atoms with Crippen LogP contribution in [0, 0.1) is 0 Å². The average Bonchev–Trinajstić information content (AvgIpc) is 2.81. The van der Waals surface area contributed by atoms with E-state index < -0.39 is 0 Å². The highest BCUT2D eigenvalue weighted by Gasteiger charge is 2.01. The number of hydrogen-bond donors (Lipinski definition) is 1. The third-order valence-corrected chi connectivity index (χ3v) is 3.97. The summed E-state index contributed by atoms with van der Waals surface area (Å²) in [5, 5.41) is 11.2. The van der Waals surface area contributed by atoms with Gasteiger partial charge in [0.1, 0.15) is 5.51 Å². The van der Waals surface area contributed by atoms with Gasteiger partial charge < -0.3 is 5.32 Å². The maximum Gasteiger partial charge on any atom is 0.178 e. The molecule has 0 saturated heterocycles. The number of benzene rings is 1. The lowest BCUT2D eigenvalue weighted by atomic mass is 10.2. The molecule has 0 amide bonds. The Morgan fingerprint density at radius 3 is 2.65 bits per heavy atom. The van der Waals surface area contributed by atoms with E-state index in [4.69, 9.17) is 0 Å². The molecule has 0 unspecified atom stereocenters. The van der Waals surface area contributed by atoms with Gasteiger partial charge in [-0.1, -0.05) is 49.1 Å². The molecular formula is C12H15N3S2. The second-order valence-corrected chi connectivity index (χ2v) is 6.14. The van der Waals surface area contributed by atoms with Gasteiger partial charge in [0.25, 0.3) is 0 Å². The topological polar surface area (TPSA) is 37.8 Å². The first-order chi connectivity index (χ1) is 8.24. The monoisotopic (exact) mass is 265 g/mol. The van der Waals surface area contributed by atoms with Gasteiger partial charge in [-0.25, -0.2) is 0 Å². The molecule has 1 heterocycles. The van der Waals surface area contributed by atoms with E-state index in [1.165, 1.54) is 10.5 Å². The lowest BCUT2D eigenvalue weighted by Crippen LogP contribution is -2.21. The fourth-order valence-corrected chi connectivity index (χ4v) is 2.76. The molecule has 90 valence electrons. The van der Waals surface area contributed by atoms with Crippen LogP contribution in [-0.4, -0.2) is 16.2 Å². The molecule has 1 aromatic heterocycles. The summed E-state index contributed by atoms with van der Waals surface area (Å²) in [6.45, 7) is 5.22. The van der Waals surface area contributed by atoms with Crippen LogP contribution < -0.4 is 5.32 Å². The van der Waals surface area contributed by atoms with Crippen molar-refractivity contribution in [2.75, 3.05) is 0 Å². The van der Waals surface area contributed by atoms with Crippen molar-refractivity contribution in [3.63, 3.8) is 0 Å². The van der Waals surface area contributed by atoms with Crippen molar-refractivity contribution in [3.8, 4) is 0 Å². The van der Waals surface area contributed by atoms with Gasteiger partial charge in [-0.2, -0.15) is 0 Å². The van der Waals surface area contributed by atoms with Crippen LogP contribution in [0.25, 0.3) is 0 Å². The number of aromatic nitrogens is 2. The fourth-order valence-electron chi connectivity index (χ4n) is 1.31. The zero-order valence-corrected chi connectivity index (χ0v) is 11.5. The van der Waals surface area contributed by atoms with Crippen molar-refractivity contribution in [3.05, 3.63) is 35.3 Å². The van der Waals surface area contributed by atoms with Gasteiger partial charge in [0.05, 0.1) is 0 Å². The van der Waals surface area contributed by atoms with E-state index in [2.05, 4.69) is 53.6 Å². The minimum absolute atomic E-state index is 0.519. The van der Waals surface area contributed by atoms with E-state index in [0.29, 0.717) is 6.04 Å². The van der Waals surface area contributed by atoms with Crippen LogP contribution in [0.4, 0.5) is 0 Å².